The highest BCUT2D eigenvalue weighted by molar-refractivity contribution is 6.30. The molecule has 0 amide bonds. The van der Waals surface area contributed by atoms with Gasteiger partial charge in [-0.3, -0.25) is 0 Å². The van der Waals surface area contributed by atoms with Crippen molar-refractivity contribution >= 4 is 30.3 Å². The molecule has 0 heterocycles. The molecule has 0 aliphatic rings. The number of hydrogen-bond acceptors (Lipinski definition) is 2. The maximum absolute atomic E-state index is 13.0. The summed E-state index contributed by atoms with van der Waals surface area (Å²) in [6.45, 7) is 0. The monoisotopic (exact) mass is 223 g/mol. The summed E-state index contributed by atoms with van der Waals surface area (Å²) in [5.74, 6) is -0.554. The number of carbonyl (C=O) groups is 1. The number of aldehydes is 1. The smallest absolute Gasteiger partial charge is 0.141 e. The predicted molar refractivity (Wildman–Crippen MR) is 51.7 cm³/mol. The predicted octanol–water partition coefficient (Wildman–Crippen LogP) is 2.10. The molecule has 2 N–H and O–H groups in total. The Kier molecular flexibility index (Phi) is 4.91. The minimum absolute atomic E-state index is 0. The van der Waals surface area contributed by atoms with Crippen LogP contribution in [0.2, 0.25) is 5.02 Å². The summed E-state index contributed by atoms with van der Waals surface area (Å²) in [6, 6.07) is 3.10. The van der Waals surface area contributed by atoms with Gasteiger partial charge in [-0.1, -0.05) is 17.7 Å². The summed E-state index contributed by atoms with van der Waals surface area (Å²) in [7, 11) is 0. The zero-order valence-electron chi connectivity index (χ0n) is 6.54. The third kappa shape index (κ3) is 2.95. The molecule has 0 aromatic heterocycles. The Morgan fingerprint density at radius 1 is 1.54 bits per heavy atom. The molecular formula is C8H8Cl2FNO. The van der Waals surface area contributed by atoms with Crippen LogP contribution in [0, 0.1) is 5.82 Å². The Labute approximate surface area is 86.3 Å². The Morgan fingerprint density at radius 2 is 2.15 bits per heavy atom. The average Bonchev–Trinajstić information content (AvgIpc) is 2.03. The van der Waals surface area contributed by atoms with E-state index in [1.165, 1.54) is 12.1 Å². The van der Waals surface area contributed by atoms with Gasteiger partial charge in [-0.15, -0.1) is 12.4 Å². The van der Waals surface area contributed by atoms with E-state index in [4.69, 9.17) is 17.3 Å². The van der Waals surface area contributed by atoms with E-state index in [0.29, 0.717) is 6.29 Å². The second-order valence-corrected chi connectivity index (χ2v) is 2.76. The number of hydrogen-bond donors (Lipinski definition) is 1. The molecule has 1 aromatic carbocycles. The van der Waals surface area contributed by atoms with Crippen LogP contribution >= 0.6 is 24.0 Å². The van der Waals surface area contributed by atoms with Gasteiger partial charge in [-0.2, -0.15) is 0 Å². The number of halogens is 3. The first-order valence-corrected chi connectivity index (χ1v) is 3.69. The van der Waals surface area contributed by atoms with Crippen LogP contribution in [0.3, 0.4) is 0 Å². The van der Waals surface area contributed by atoms with Crippen LogP contribution in [0.4, 0.5) is 4.39 Å². The van der Waals surface area contributed by atoms with Crippen molar-refractivity contribution in [3.63, 3.8) is 0 Å². The lowest BCUT2D eigenvalue weighted by atomic mass is 10.1. The van der Waals surface area contributed by atoms with E-state index in [9.17, 15) is 9.18 Å². The summed E-state index contributed by atoms with van der Waals surface area (Å²) >= 11 is 5.50. The highest BCUT2D eigenvalue weighted by Crippen LogP contribution is 2.17. The SMILES string of the molecule is Cl.NC(C=O)c1ccc(Cl)cc1F. The standard InChI is InChI=1S/C8H7ClFNO.ClH/c9-5-1-2-6(7(10)3-5)8(11)4-12;/h1-4,8H,11H2;1H. The fourth-order valence-corrected chi connectivity index (χ4v) is 1.00. The van der Waals surface area contributed by atoms with Gasteiger partial charge in [0.2, 0.25) is 0 Å². The molecule has 0 spiro atoms. The van der Waals surface area contributed by atoms with E-state index in [-0.39, 0.29) is 23.0 Å². The molecule has 13 heavy (non-hydrogen) atoms. The summed E-state index contributed by atoms with van der Waals surface area (Å²) in [4.78, 5) is 10.2. The first-order chi connectivity index (χ1) is 5.65. The van der Waals surface area contributed by atoms with Crippen molar-refractivity contribution in [3.05, 3.63) is 34.6 Å². The normalized spacial score (nSPS) is 11.6. The second-order valence-electron chi connectivity index (χ2n) is 2.33. The van der Waals surface area contributed by atoms with E-state index < -0.39 is 11.9 Å². The second kappa shape index (κ2) is 5.17. The molecule has 72 valence electrons. The van der Waals surface area contributed by atoms with Crippen molar-refractivity contribution in [2.45, 2.75) is 6.04 Å². The molecule has 1 atom stereocenters. The lowest BCUT2D eigenvalue weighted by Crippen LogP contribution is -2.12. The van der Waals surface area contributed by atoms with Crippen LogP contribution in [0.15, 0.2) is 18.2 Å². The molecule has 0 fully saturated rings. The molecule has 1 aromatic rings. The summed E-state index contributed by atoms with van der Waals surface area (Å²) < 4.78 is 13.0. The summed E-state index contributed by atoms with van der Waals surface area (Å²) in [6.07, 6.45) is 0.478. The van der Waals surface area contributed by atoms with Crippen LogP contribution < -0.4 is 5.73 Å². The van der Waals surface area contributed by atoms with Gasteiger partial charge in [0, 0.05) is 10.6 Å². The van der Waals surface area contributed by atoms with E-state index in [0.717, 1.165) is 6.07 Å². The zero-order chi connectivity index (χ0) is 9.14. The number of rotatable bonds is 2. The lowest BCUT2D eigenvalue weighted by molar-refractivity contribution is -0.109. The van der Waals surface area contributed by atoms with Gasteiger partial charge in [-0.05, 0) is 12.1 Å². The van der Waals surface area contributed by atoms with Crippen LogP contribution in [-0.4, -0.2) is 6.29 Å². The molecule has 2 nitrogen and oxygen atoms in total. The van der Waals surface area contributed by atoms with Crippen LogP contribution in [0.1, 0.15) is 11.6 Å². The topological polar surface area (TPSA) is 43.1 Å². The van der Waals surface area contributed by atoms with Crippen molar-refractivity contribution in [2.24, 2.45) is 5.73 Å². The van der Waals surface area contributed by atoms with Crippen molar-refractivity contribution < 1.29 is 9.18 Å². The fraction of sp³-hybridized carbons (Fsp3) is 0.125. The van der Waals surface area contributed by atoms with Crippen molar-refractivity contribution in [3.8, 4) is 0 Å². The Balaban J connectivity index is 0.00000144. The third-order valence-corrected chi connectivity index (χ3v) is 1.70. The van der Waals surface area contributed by atoms with E-state index >= 15 is 0 Å². The van der Waals surface area contributed by atoms with Gasteiger partial charge in [-0.25, -0.2) is 4.39 Å². The van der Waals surface area contributed by atoms with E-state index in [2.05, 4.69) is 0 Å². The van der Waals surface area contributed by atoms with Crippen LogP contribution in [0.25, 0.3) is 0 Å². The Bertz CT molecular complexity index is 306. The van der Waals surface area contributed by atoms with Gasteiger partial charge < -0.3 is 10.5 Å². The quantitative estimate of drug-likeness (QED) is 0.781. The summed E-state index contributed by atoms with van der Waals surface area (Å²) in [5, 5.41) is 0.286. The minimum atomic E-state index is -0.915. The maximum atomic E-state index is 13.0. The van der Waals surface area contributed by atoms with Crippen LogP contribution in [0.5, 0.6) is 0 Å². The molecular weight excluding hydrogens is 216 g/mol. The van der Waals surface area contributed by atoms with Gasteiger partial charge in [0.25, 0.3) is 0 Å². The first kappa shape index (κ1) is 12.4. The summed E-state index contributed by atoms with van der Waals surface area (Å²) in [5.41, 5.74) is 5.46. The molecule has 5 heteroatoms. The fourth-order valence-electron chi connectivity index (χ4n) is 0.845. The van der Waals surface area contributed by atoms with Crippen molar-refractivity contribution in [2.75, 3.05) is 0 Å². The Morgan fingerprint density at radius 3 is 2.62 bits per heavy atom. The van der Waals surface area contributed by atoms with Crippen molar-refractivity contribution in [1.29, 1.82) is 0 Å². The van der Waals surface area contributed by atoms with Crippen molar-refractivity contribution in [1.82, 2.24) is 0 Å². The highest BCUT2D eigenvalue weighted by Gasteiger charge is 2.09. The first-order valence-electron chi connectivity index (χ1n) is 3.31. The Hall–Kier alpha value is -0.640. The maximum Gasteiger partial charge on any atom is 0.141 e. The number of nitrogens with two attached hydrogens (primary N) is 1. The molecule has 1 unspecified atom stereocenters. The molecule has 1 rings (SSSR count). The van der Waals surface area contributed by atoms with E-state index in [1.54, 1.807) is 0 Å². The van der Waals surface area contributed by atoms with E-state index in [1.807, 2.05) is 0 Å². The third-order valence-electron chi connectivity index (χ3n) is 1.47. The average molecular weight is 224 g/mol. The molecule has 0 radical (unpaired) electrons. The molecule has 0 saturated carbocycles. The number of benzene rings is 1. The molecule has 0 aliphatic carbocycles. The minimum Gasteiger partial charge on any atom is -0.318 e. The zero-order valence-corrected chi connectivity index (χ0v) is 8.11. The van der Waals surface area contributed by atoms with Crippen LogP contribution in [-0.2, 0) is 4.79 Å². The molecule has 0 saturated heterocycles. The van der Waals surface area contributed by atoms with Gasteiger partial charge in [0.15, 0.2) is 0 Å². The molecule has 0 bridgehead atoms. The number of carbonyl (C=O) groups excluding carboxylic acids is 1. The lowest BCUT2D eigenvalue weighted by Gasteiger charge is -2.04. The van der Waals surface area contributed by atoms with Gasteiger partial charge >= 0.3 is 0 Å². The molecule has 0 aliphatic heterocycles. The van der Waals surface area contributed by atoms with Gasteiger partial charge in [0.1, 0.15) is 12.1 Å². The highest BCUT2D eigenvalue weighted by atomic mass is 35.5. The van der Waals surface area contributed by atoms with Gasteiger partial charge in [0.05, 0.1) is 6.04 Å². The largest absolute Gasteiger partial charge is 0.318 e.